The first-order valence-electron chi connectivity index (χ1n) is 3.73. The molecule has 1 aromatic rings. The molecule has 0 aliphatic rings. The van der Waals surface area contributed by atoms with E-state index >= 15 is 0 Å². The van der Waals surface area contributed by atoms with Gasteiger partial charge in [0.15, 0.2) is 17.4 Å². The van der Waals surface area contributed by atoms with Crippen molar-refractivity contribution >= 4 is 12.0 Å². The molecule has 1 aromatic carbocycles. The minimum absolute atomic E-state index is 0.0480. The molecular formula is C9H5F3O3. The zero-order valence-electron chi connectivity index (χ0n) is 7.21. The van der Waals surface area contributed by atoms with E-state index in [9.17, 15) is 18.1 Å². The summed E-state index contributed by atoms with van der Waals surface area (Å²) in [6.07, 6.45) is 1.58. The average molecular weight is 218 g/mol. The fourth-order valence-corrected chi connectivity index (χ4v) is 0.871. The first kappa shape index (κ1) is 11.1. The van der Waals surface area contributed by atoms with Crippen molar-refractivity contribution in [1.29, 1.82) is 0 Å². The Balaban J connectivity index is 2.97. The molecule has 0 radical (unpaired) electrons. The summed E-state index contributed by atoms with van der Waals surface area (Å²) in [5.74, 6) is -4.77. The van der Waals surface area contributed by atoms with Crippen molar-refractivity contribution in [3.8, 4) is 5.75 Å². The number of benzene rings is 1. The normalized spacial score (nSPS) is 10.6. The van der Waals surface area contributed by atoms with Crippen molar-refractivity contribution in [2.45, 2.75) is 0 Å². The van der Waals surface area contributed by atoms with Gasteiger partial charge in [0, 0.05) is 10.6 Å². The van der Waals surface area contributed by atoms with Gasteiger partial charge >= 0.3 is 5.97 Å². The van der Waals surface area contributed by atoms with Crippen LogP contribution in [0.5, 0.6) is 5.75 Å². The molecule has 0 atom stereocenters. The molecule has 0 heterocycles. The van der Waals surface area contributed by atoms with Crippen LogP contribution in [0.2, 0.25) is 0 Å². The molecule has 0 bridgehead atoms. The number of phenolic OH excluding ortho intramolecular Hbond substituents is 1. The van der Waals surface area contributed by atoms with Crippen molar-refractivity contribution in [1.82, 2.24) is 0 Å². The van der Waals surface area contributed by atoms with Crippen molar-refractivity contribution in [3.63, 3.8) is 0 Å². The molecule has 0 aromatic heterocycles. The maximum atomic E-state index is 12.7. The maximum Gasteiger partial charge on any atom is 0.372 e. The summed E-state index contributed by atoms with van der Waals surface area (Å²) in [6, 6.07) is 1.56. The van der Waals surface area contributed by atoms with Gasteiger partial charge in [-0.05, 0) is 23.8 Å². The molecule has 0 aliphatic heterocycles. The van der Waals surface area contributed by atoms with E-state index in [1.54, 1.807) is 0 Å². The first-order valence-corrected chi connectivity index (χ1v) is 3.73. The topological polar surface area (TPSA) is 46.5 Å². The zero-order chi connectivity index (χ0) is 11.4. The maximum absolute atomic E-state index is 12.7. The van der Waals surface area contributed by atoms with Gasteiger partial charge in [-0.15, -0.1) is 0 Å². The molecule has 0 saturated carbocycles. The molecule has 0 unspecified atom stereocenters. The summed E-state index contributed by atoms with van der Waals surface area (Å²) in [5, 5.41) is 8.73. The Bertz CT molecular complexity index is 392. The number of aromatic hydroxyl groups is 1. The number of hydrogen-bond acceptors (Lipinski definition) is 3. The molecule has 80 valence electrons. The van der Waals surface area contributed by atoms with E-state index in [-0.39, 0.29) is 5.56 Å². The Hall–Kier alpha value is -1.98. The molecule has 0 aliphatic carbocycles. The summed E-state index contributed by atoms with van der Waals surface area (Å²) in [7, 11) is 0. The SMILES string of the molecule is O=C(/C=C/c1cc(F)c(O)c(F)c1)OF. The summed E-state index contributed by atoms with van der Waals surface area (Å²) in [6.45, 7) is 0. The number of rotatable bonds is 2. The van der Waals surface area contributed by atoms with Crippen LogP contribution in [0, 0.1) is 11.6 Å². The van der Waals surface area contributed by atoms with E-state index < -0.39 is 23.4 Å². The zero-order valence-corrected chi connectivity index (χ0v) is 7.21. The fraction of sp³-hybridized carbons (Fsp3) is 0. The fourth-order valence-electron chi connectivity index (χ4n) is 0.871. The lowest BCUT2D eigenvalue weighted by atomic mass is 10.2. The monoisotopic (exact) mass is 218 g/mol. The molecule has 15 heavy (non-hydrogen) atoms. The van der Waals surface area contributed by atoms with Gasteiger partial charge in [-0.1, -0.05) is 0 Å². The van der Waals surface area contributed by atoms with Crippen LogP contribution in [0.3, 0.4) is 0 Å². The van der Waals surface area contributed by atoms with Gasteiger partial charge in [-0.3, -0.25) is 4.94 Å². The Morgan fingerprint density at radius 2 is 1.87 bits per heavy atom. The van der Waals surface area contributed by atoms with Crippen LogP contribution in [0.15, 0.2) is 18.2 Å². The van der Waals surface area contributed by atoms with Gasteiger partial charge in [-0.25, -0.2) is 13.6 Å². The standard InChI is InChI=1S/C9H5F3O3/c10-6-3-5(1-2-8(13)15-12)4-7(11)9(6)14/h1-4,14H/b2-1+. The van der Waals surface area contributed by atoms with Crippen LogP contribution in [0.25, 0.3) is 6.08 Å². The lowest BCUT2D eigenvalue weighted by Crippen LogP contribution is -1.90. The highest BCUT2D eigenvalue weighted by Gasteiger charge is 2.08. The molecule has 1 rings (SSSR count). The second-order valence-corrected chi connectivity index (χ2v) is 2.56. The number of carbonyl (C=O) groups excluding carboxylic acids is 1. The van der Waals surface area contributed by atoms with Crippen LogP contribution < -0.4 is 0 Å². The molecule has 0 fully saturated rings. The summed E-state index contributed by atoms with van der Waals surface area (Å²) in [4.78, 5) is 13.1. The van der Waals surface area contributed by atoms with Crippen molar-refractivity contribution < 1.29 is 28.1 Å². The first-order chi connectivity index (χ1) is 7.04. The van der Waals surface area contributed by atoms with Crippen molar-refractivity contribution in [2.75, 3.05) is 0 Å². The van der Waals surface area contributed by atoms with Crippen molar-refractivity contribution in [2.24, 2.45) is 0 Å². The van der Waals surface area contributed by atoms with E-state index in [2.05, 4.69) is 4.94 Å². The van der Waals surface area contributed by atoms with E-state index in [4.69, 9.17) is 5.11 Å². The largest absolute Gasteiger partial charge is 0.503 e. The van der Waals surface area contributed by atoms with Crippen LogP contribution in [0.4, 0.5) is 13.3 Å². The van der Waals surface area contributed by atoms with Gasteiger partial charge in [0.1, 0.15) is 0 Å². The van der Waals surface area contributed by atoms with Crippen LogP contribution in [-0.4, -0.2) is 11.1 Å². The van der Waals surface area contributed by atoms with Gasteiger partial charge in [0.25, 0.3) is 0 Å². The number of phenols is 1. The molecular weight excluding hydrogens is 213 g/mol. The van der Waals surface area contributed by atoms with Crippen LogP contribution in [-0.2, 0) is 9.74 Å². The molecule has 0 amide bonds. The number of carbonyl (C=O) groups is 1. The third-order valence-electron chi connectivity index (χ3n) is 1.53. The Kier molecular flexibility index (Phi) is 3.33. The van der Waals surface area contributed by atoms with Gasteiger partial charge in [-0.2, -0.15) is 0 Å². The van der Waals surface area contributed by atoms with E-state index in [1.165, 1.54) is 0 Å². The lowest BCUT2D eigenvalue weighted by molar-refractivity contribution is -0.176. The van der Waals surface area contributed by atoms with Crippen LogP contribution >= 0.6 is 0 Å². The van der Waals surface area contributed by atoms with Gasteiger partial charge in [0.2, 0.25) is 0 Å². The predicted octanol–water partition coefficient (Wildman–Crippen LogP) is 2.11. The van der Waals surface area contributed by atoms with E-state index in [1.807, 2.05) is 0 Å². The highest BCUT2D eigenvalue weighted by Crippen LogP contribution is 2.21. The quantitative estimate of drug-likeness (QED) is 0.773. The predicted molar refractivity (Wildman–Crippen MR) is 44.3 cm³/mol. The second-order valence-electron chi connectivity index (χ2n) is 2.56. The van der Waals surface area contributed by atoms with Crippen LogP contribution in [0.1, 0.15) is 5.56 Å². The minimum atomic E-state index is -1.30. The molecule has 6 heteroatoms. The van der Waals surface area contributed by atoms with E-state index in [0.717, 1.165) is 18.2 Å². The minimum Gasteiger partial charge on any atom is -0.503 e. The third kappa shape index (κ3) is 2.73. The summed E-state index contributed by atoms with van der Waals surface area (Å²) < 4.78 is 36.7. The molecule has 3 nitrogen and oxygen atoms in total. The third-order valence-corrected chi connectivity index (χ3v) is 1.53. The van der Waals surface area contributed by atoms with Crippen molar-refractivity contribution in [3.05, 3.63) is 35.4 Å². The van der Waals surface area contributed by atoms with Gasteiger partial charge < -0.3 is 5.11 Å². The number of halogens is 3. The molecule has 0 saturated heterocycles. The Morgan fingerprint density at radius 3 is 2.33 bits per heavy atom. The number of hydrogen-bond donors (Lipinski definition) is 1. The summed E-state index contributed by atoms with van der Waals surface area (Å²) in [5.41, 5.74) is -0.0480. The second kappa shape index (κ2) is 4.50. The average Bonchev–Trinajstić information content (AvgIpc) is 2.22. The highest BCUT2D eigenvalue weighted by molar-refractivity contribution is 5.86. The Labute approximate surface area is 82.3 Å². The molecule has 0 spiro atoms. The lowest BCUT2D eigenvalue weighted by Gasteiger charge is -1.98. The van der Waals surface area contributed by atoms with E-state index in [0.29, 0.717) is 6.08 Å². The smallest absolute Gasteiger partial charge is 0.372 e. The highest BCUT2D eigenvalue weighted by atomic mass is 19.3. The van der Waals surface area contributed by atoms with Gasteiger partial charge in [0.05, 0.1) is 0 Å². The molecule has 1 N–H and O–H groups in total. The Morgan fingerprint density at radius 1 is 1.33 bits per heavy atom. The summed E-state index contributed by atoms with van der Waals surface area (Å²) >= 11 is 0.